The zero-order valence-electron chi connectivity index (χ0n) is 63.1. The van der Waals surface area contributed by atoms with Gasteiger partial charge in [-0.1, -0.05) is 153 Å². The number of likely N-dealkylation sites (tertiary alicyclic amines) is 1. The van der Waals surface area contributed by atoms with Crippen molar-refractivity contribution in [2.75, 3.05) is 51.6 Å². The van der Waals surface area contributed by atoms with E-state index in [-0.39, 0.29) is 80.3 Å². The number of hydrogen-bond acceptors (Lipinski definition) is 14. The number of likely N-dealkylation sites (N-methyl/N-ethyl adjacent to an activating group) is 2. The van der Waals surface area contributed by atoms with E-state index in [9.17, 15) is 48.3 Å². The third-order valence-corrected chi connectivity index (χ3v) is 19.7. The van der Waals surface area contributed by atoms with E-state index in [2.05, 4.69) is 43.4 Å². The third kappa shape index (κ3) is 23.3. The number of nitrogens with one attached hydrogen (secondary N) is 5. The Kier molecular flexibility index (Phi) is 32.6. The average molecular weight is 1440 g/mol. The molecule has 25 heteroatoms. The number of hydrogen-bond donors (Lipinski definition) is 8. The average Bonchev–Trinajstić information content (AvgIpc) is 1.14. The van der Waals surface area contributed by atoms with Gasteiger partial charge in [-0.05, 0) is 116 Å². The topological polar surface area (TPSA) is 339 Å². The van der Waals surface area contributed by atoms with E-state index in [1.165, 1.54) is 26.2 Å². The number of anilines is 2. The summed E-state index contributed by atoms with van der Waals surface area (Å²) in [4.78, 5) is 137. The largest absolute Gasteiger partial charge is 0.445 e. The zero-order valence-corrected chi connectivity index (χ0v) is 63.1. The molecule has 4 aromatic rings. The number of aliphatic hydroxyl groups excluding tert-OH is 1. The van der Waals surface area contributed by atoms with Crippen molar-refractivity contribution in [1.82, 2.24) is 36.0 Å². The van der Waals surface area contributed by atoms with Crippen LogP contribution >= 0.6 is 0 Å². The van der Waals surface area contributed by atoms with Gasteiger partial charge in [0, 0.05) is 71.1 Å². The first kappa shape index (κ1) is 83.6. The number of aliphatic imine (C=N–C) groups is 1. The zero-order chi connectivity index (χ0) is 76.5. The van der Waals surface area contributed by atoms with Crippen LogP contribution in [0.2, 0.25) is 0 Å². The van der Waals surface area contributed by atoms with Crippen molar-refractivity contribution >= 4 is 70.7 Å². The van der Waals surface area contributed by atoms with Crippen molar-refractivity contribution in [3.8, 4) is 11.8 Å². The van der Waals surface area contributed by atoms with Crippen molar-refractivity contribution in [1.29, 1.82) is 0 Å². The Bertz CT molecular complexity index is 3630. The summed E-state index contributed by atoms with van der Waals surface area (Å²) in [6, 6.07) is 24.9. The van der Waals surface area contributed by atoms with Crippen LogP contribution in [0.15, 0.2) is 108 Å². The predicted octanol–water partition coefficient (Wildman–Crippen LogP) is 7.70. The van der Waals surface area contributed by atoms with Gasteiger partial charge in [0.05, 0.1) is 61.0 Å². The second-order valence-corrected chi connectivity index (χ2v) is 28.4. The Morgan fingerprint density at radius 2 is 1.31 bits per heavy atom. The Balaban J connectivity index is 1.02. The minimum Gasteiger partial charge on any atom is -0.445 e. The predicted molar refractivity (Wildman–Crippen MR) is 401 cm³/mol. The molecule has 0 aromatic heterocycles. The van der Waals surface area contributed by atoms with Crippen LogP contribution in [0.4, 0.5) is 16.2 Å². The highest BCUT2D eigenvalue weighted by molar-refractivity contribution is 5.99. The van der Waals surface area contributed by atoms with Crippen molar-refractivity contribution < 1.29 is 62.5 Å². The lowest BCUT2D eigenvalue weighted by molar-refractivity contribution is -0.148. The van der Waals surface area contributed by atoms with E-state index >= 15 is 0 Å². The summed E-state index contributed by atoms with van der Waals surface area (Å²) in [5.74, 6) is 1.03. The standard InChI is InChI=1S/C79H112N12O13/c1-15-51(8)70(63(102-13)45-66(94)90-44-26-34-62(90)72(103-14)52(9)73(96)83-53(10)71(95)57-29-17-16-18-30-57)88(11)77(100)68(49(4)5)87-76(99)69(50(6)7)89(12)79(101)104-47-54-37-41-59(42-38-54)84-74(97)60(32-25-43-82-78(80)81)85-75(98)67(48(2)3)86-64(92)35-23-24-36-65(93)91-46-58-31-20-19-27-55(58)39-40-56-28-21-22-33-61(56)91/h16-22,27-31,33,37-38,41-42,48-53,60,62-63,67-72,95H,15,23-26,32,34-36,43-47H2,1-14H3,(H,83,96)(H,84,97)(H,85,98)(H,86,92)(H,87,99)(H4,80,81,82)/t51-,52+,53+,60-,62-,63+,67-,68-,69-,70-,71+,72+/m0/s1. The van der Waals surface area contributed by atoms with Gasteiger partial charge in [-0.3, -0.25) is 48.2 Å². The molecule has 0 bridgehead atoms. The highest BCUT2D eigenvalue weighted by Gasteiger charge is 2.44. The fraction of sp³-hybridized carbons (Fsp3) is 0.544. The number of nitrogens with zero attached hydrogens (tertiary/aromatic N) is 5. The van der Waals surface area contributed by atoms with Crippen LogP contribution in [-0.2, 0) is 65.7 Å². The molecule has 0 unspecified atom stereocenters. The number of carbonyl (C=O) groups excluding carboxylic acids is 9. The van der Waals surface area contributed by atoms with E-state index in [1.807, 2.05) is 94.4 Å². The van der Waals surface area contributed by atoms with Gasteiger partial charge in [0.15, 0.2) is 5.96 Å². The van der Waals surface area contributed by atoms with Crippen molar-refractivity contribution in [2.24, 2.45) is 46.0 Å². The molecule has 2 aliphatic rings. The number of ether oxygens (including phenoxy) is 3. The van der Waals surface area contributed by atoms with Gasteiger partial charge < -0.3 is 72.1 Å². The van der Waals surface area contributed by atoms with E-state index in [0.717, 1.165) is 22.4 Å². The van der Waals surface area contributed by atoms with Crippen molar-refractivity contribution in [3.05, 3.63) is 131 Å². The Morgan fingerprint density at radius 1 is 0.673 bits per heavy atom. The molecule has 0 aliphatic carbocycles. The Morgan fingerprint density at radius 3 is 1.94 bits per heavy atom. The van der Waals surface area contributed by atoms with Gasteiger partial charge in [0.2, 0.25) is 47.3 Å². The van der Waals surface area contributed by atoms with Gasteiger partial charge in [0.1, 0.15) is 30.8 Å². The SMILES string of the molecule is CC[C@H](C)[C@@H]([C@@H](CC(=O)N1CCC[C@H]1[C@H](OC)[C@@H](C)C(=O)N[C@H](C)[C@@H](O)c1ccccc1)OC)N(C)C(=O)[C@@H](NC(=O)[C@H](C(C)C)N(C)C(=O)OCc1ccc(NC(=O)[C@H](CCCN=C(N)N)NC(=O)[C@@H](NC(=O)CCCCC(=O)N2Cc3ccccc3C#Cc3ccccc32)C(C)C)cc1)C(C)C. The molecule has 0 saturated carbocycles. The molecule has 2 heterocycles. The Labute approximate surface area is 614 Å². The minimum atomic E-state index is -1.08. The first-order valence-corrected chi connectivity index (χ1v) is 36.4. The maximum Gasteiger partial charge on any atom is 0.410 e. The number of carbonyl (C=O) groups is 9. The summed E-state index contributed by atoms with van der Waals surface area (Å²) >= 11 is 0. The highest BCUT2D eigenvalue weighted by atomic mass is 16.6. The van der Waals surface area contributed by atoms with E-state index in [0.29, 0.717) is 68.4 Å². The molecule has 0 spiro atoms. The third-order valence-electron chi connectivity index (χ3n) is 19.7. The van der Waals surface area contributed by atoms with E-state index in [4.69, 9.17) is 25.7 Å². The van der Waals surface area contributed by atoms with Crippen LogP contribution in [0.25, 0.3) is 0 Å². The summed E-state index contributed by atoms with van der Waals surface area (Å²) in [6.07, 6.45) is 0.102. The molecule has 4 aromatic carbocycles. The fourth-order valence-electron chi connectivity index (χ4n) is 13.6. The molecule has 1 fully saturated rings. The molecular weight excluding hydrogens is 1320 g/mol. The summed E-state index contributed by atoms with van der Waals surface area (Å²) in [5.41, 5.74) is 16.0. The van der Waals surface area contributed by atoms with E-state index < -0.39 is 108 Å². The molecule has 6 rings (SSSR count). The van der Waals surface area contributed by atoms with Crippen molar-refractivity contribution in [2.45, 2.75) is 207 Å². The molecule has 9 amide bonds. The number of guanidine groups is 1. The number of fused-ring (bicyclic) bond motifs is 2. The molecule has 104 heavy (non-hydrogen) atoms. The quantitative estimate of drug-likeness (QED) is 0.00928. The second-order valence-electron chi connectivity index (χ2n) is 28.4. The molecule has 0 radical (unpaired) electrons. The highest BCUT2D eigenvalue weighted by Crippen LogP contribution is 2.32. The second kappa shape index (κ2) is 40.6. The number of amides is 9. The first-order chi connectivity index (χ1) is 49.5. The molecule has 2 aliphatic heterocycles. The van der Waals surface area contributed by atoms with Gasteiger partial charge >= 0.3 is 6.09 Å². The summed E-state index contributed by atoms with van der Waals surface area (Å²) in [6.45, 7) is 18.9. The minimum absolute atomic E-state index is 0.0559. The number of methoxy groups -OCH3 is 2. The van der Waals surface area contributed by atoms with Gasteiger partial charge in [-0.15, -0.1) is 0 Å². The number of unbranched alkanes of at least 4 members (excludes halogenated alkanes) is 1. The van der Waals surface area contributed by atoms with Gasteiger partial charge in [0.25, 0.3) is 0 Å². The van der Waals surface area contributed by atoms with Crippen LogP contribution in [0, 0.1) is 41.4 Å². The molecule has 25 nitrogen and oxygen atoms in total. The molecule has 1 saturated heterocycles. The summed E-state index contributed by atoms with van der Waals surface area (Å²) < 4.78 is 17.8. The summed E-state index contributed by atoms with van der Waals surface area (Å²) in [5, 5.41) is 25.4. The lowest BCUT2D eigenvalue weighted by Crippen LogP contribution is -2.60. The van der Waals surface area contributed by atoms with Crippen LogP contribution in [0.5, 0.6) is 0 Å². The van der Waals surface area contributed by atoms with Gasteiger partial charge in [-0.2, -0.15) is 0 Å². The van der Waals surface area contributed by atoms with Crippen LogP contribution in [0.1, 0.15) is 167 Å². The lowest BCUT2D eigenvalue weighted by Gasteiger charge is -2.41. The lowest BCUT2D eigenvalue weighted by atomic mass is 9.89. The molecular formula is C79H112N12O13. The van der Waals surface area contributed by atoms with Crippen molar-refractivity contribution in [3.63, 3.8) is 0 Å². The number of para-hydroxylation sites is 1. The number of rotatable bonds is 37. The first-order valence-electron chi connectivity index (χ1n) is 36.4. The number of nitrogens with two attached hydrogens (primary N) is 2. The molecule has 566 valence electrons. The van der Waals surface area contributed by atoms with Crippen LogP contribution in [0.3, 0.4) is 0 Å². The normalized spacial score (nSPS) is 16.5. The maximum atomic E-state index is 14.9. The molecule has 12 atom stereocenters. The van der Waals surface area contributed by atoms with Gasteiger partial charge in [-0.25, -0.2) is 4.79 Å². The van der Waals surface area contributed by atoms with E-state index in [1.54, 1.807) is 99.7 Å². The van der Waals surface area contributed by atoms with Crippen LogP contribution in [-0.4, -0.2) is 175 Å². The Hall–Kier alpha value is -9.38. The molecule has 10 N–H and O–H groups in total. The summed E-state index contributed by atoms with van der Waals surface area (Å²) in [7, 11) is 6.11. The number of aliphatic hydroxyl groups is 1. The smallest absolute Gasteiger partial charge is 0.410 e. The monoisotopic (exact) mass is 1440 g/mol. The fourth-order valence-corrected chi connectivity index (χ4v) is 13.6. The number of benzene rings is 4. The maximum absolute atomic E-state index is 14.9. The van der Waals surface area contributed by atoms with Crippen LogP contribution < -0.4 is 43.0 Å².